The van der Waals surface area contributed by atoms with Crippen molar-refractivity contribution in [1.29, 1.82) is 5.26 Å². The number of sulfone groups is 1. The van der Waals surface area contributed by atoms with Gasteiger partial charge in [-0.3, -0.25) is 24.7 Å². The summed E-state index contributed by atoms with van der Waals surface area (Å²) in [4.78, 5) is 51.5. The fraction of sp³-hybridized carbons (Fsp3) is 0.462. The minimum Gasteiger partial charge on any atom is -0.380 e. The summed E-state index contributed by atoms with van der Waals surface area (Å²) in [5.74, 6) is 0.375. The molecule has 13 nitrogen and oxygen atoms in total. The largest absolute Gasteiger partial charge is 0.380 e. The first kappa shape index (κ1) is 28.9. The highest BCUT2D eigenvalue weighted by molar-refractivity contribution is 7.90. The normalized spacial score (nSPS) is 16.6. The molecule has 1 atom stereocenters. The fourth-order valence-corrected chi connectivity index (χ4v) is 5.85. The predicted octanol–water partition coefficient (Wildman–Crippen LogP) is 1.26. The topological polar surface area (TPSA) is 169 Å². The molecular weight excluding hydrogens is 536 g/mol. The van der Waals surface area contributed by atoms with Gasteiger partial charge in [-0.1, -0.05) is 0 Å². The van der Waals surface area contributed by atoms with Crippen LogP contribution in [-0.4, -0.2) is 97.7 Å². The van der Waals surface area contributed by atoms with Crippen molar-refractivity contribution < 1.29 is 22.8 Å². The third kappa shape index (κ3) is 6.91. The van der Waals surface area contributed by atoms with Gasteiger partial charge in [0.05, 0.1) is 23.5 Å². The van der Waals surface area contributed by atoms with E-state index in [4.69, 9.17) is 0 Å². The van der Waals surface area contributed by atoms with E-state index in [0.717, 1.165) is 18.4 Å². The zero-order valence-electron chi connectivity index (χ0n) is 22.7. The van der Waals surface area contributed by atoms with E-state index in [1.165, 1.54) is 17.2 Å². The fourth-order valence-electron chi connectivity index (χ4n) is 4.85. The molecule has 0 radical (unpaired) electrons. The number of nitrogens with zero attached hydrogens (tertiary/aromatic N) is 6. The first-order valence-electron chi connectivity index (χ1n) is 12.8. The van der Waals surface area contributed by atoms with E-state index in [1.54, 1.807) is 11.8 Å². The van der Waals surface area contributed by atoms with Crippen molar-refractivity contribution in [2.75, 3.05) is 60.8 Å². The second-order valence-electron chi connectivity index (χ2n) is 10.2. The van der Waals surface area contributed by atoms with E-state index in [-0.39, 0.29) is 35.3 Å². The lowest BCUT2D eigenvalue weighted by Gasteiger charge is -2.33. The summed E-state index contributed by atoms with van der Waals surface area (Å²) < 4.78 is 23.3. The maximum absolute atomic E-state index is 13.3. The minimum atomic E-state index is -3.25. The molecule has 0 bridgehead atoms. The van der Waals surface area contributed by atoms with Crippen molar-refractivity contribution in [1.82, 2.24) is 19.8 Å². The number of aldehydes is 1. The molecule has 14 heteroatoms. The highest BCUT2D eigenvalue weighted by atomic mass is 32.2. The van der Waals surface area contributed by atoms with Crippen LogP contribution in [0.1, 0.15) is 40.5 Å². The van der Waals surface area contributed by atoms with Gasteiger partial charge < -0.3 is 10.2 Å². The molecule has 0 saturated carbocycles. The Morgan fingerprint density at radius 3 is 2.73 bits per heavy atom. The van der Waals surface area contributed by atoms with Gasteiger partial charge in [-0.15, -0.1) is 0 Å². The number of amides is 3. The third-order valence-corrected chi connectivity index (χ3v) is 7.82. The summed E-state index contributed by atoms with van der Waals surface area (Å²) >= 11 is 0. The van der Waals surface area contributed by atoms with E-state index < -0.39 is 21.9 Å². The Balaban J connectivity index is 1.54. The van der Waals surface area contributed by atoms with Gasteiger partial charge in [0.2, 0.25) is 5.91 Å². The molecule has 1 fully saturated rings. The van der Waals surface area contributed by atoms with Gasteiger partial charge >= 0.3 is 6.03 Å². The van der Waals surface area contributed by atoms with Crippen LogP contribution >= 0.6 is 0 Å². The van der Waals surface area contributed by atoms with Crippen LogP contribution in [0.4, 0.5) is 22.1 Å². The number of aryl methyl sites for hydroxylation is 1. The van der Waals surface area contributed by atoms with Crippen LogP contribution < -0.4 is 15.5 Å². The smallest absolute Gasteiger partial charge is 0.328 e. The number of carbonyl (C=O) groups excluding carboxylic acids is 3. The predicted molar refractivity (Wildman–Crippen MR) is 149 cm³/mol. The van der Waals surface area contributed by atoms with Crippen LogP contribution in [0, 0.1) is 11.3 Å². The number of nitrogens with one attached hydrogen (secondary N) is 2. The van der Waals surface area contributed by atoms with E-state index in [0.29, 0.717) is 55.8 Å². The van der Waals surface area contributed by atoms with Gasteiger partial charge in [-0.05, 0) is 38.4 Å². The Morgan fingerprint density at radius 2 is 2.05 bits per heavy atom. The number of hydrogen-bond donors (Lipinski definition) is 2. The monoisotopic (exact) mass is 568 g/mol. The van der Waals surface area contributed by atoms with Crippen LogP contribution in [0.2, 0.25) is 0 Å². The standard InChI is InChI=1S/C26H32N8O5S/c1-17(16-40(3,38)39)29-21-10-23(28-12-20(21)11-27)31-26(37)34-6-4-5-18-9-19(22(15-35)30-25(18)34)13-33-8-7-32(2)14-24(33)36/h9-10,12,15,17H,4-8,13-14,16H2,1-3H3,(H2,28,29,31,37). The number of anilines is 3. The van der Waals surface area contributed by atoms with Crippen LogP contribution in [0.25, 0.3) is 0 Å². The molecule has 2 aromatic heterocycles. The maximum Gasteiger partial charge on any atom is 0.328 e. The molecule has 212 valence electrons. The number of carbonyl (C=O) groups is 3. The Labute approximate surface area is 233 Å². The van der Waals surface area contributed by atoms with Crippen molar-refractivity contribution in [2.24, 2.45) is 0 Å². The number of nitriles is 1. The number of rotatable bonds is 8. The Kier molecular flexibility index (Phi) is 8.65. The SMILES string of the molecule is CC(CS(C)(=O)=O)Nc1cc(NC(=O)N2CCCc3cc(CN4CCN(C)CC4=O)c(C=O)nc32)ncc1C#N. The highest BCUT2D eigenvalue weighted by Crippen LogP contribution is 2.29. The highest BCUT2D eigenvalue weighted by Gasteiger charge is 2.28. The summed E-state index contributed by atoms with van der Waals surface area (Å²) in [7, 11) is -1.36. The number of hydrogen-bond acceptors (Lipinski definition) is 10. The Bertz CT molecular complexity index is 1470. The van der Waals surface area contributed by atoms with Gasteiger partial charge in [-0.2, -0.15) is 5.26 Å². The van der Waals surface area contributed by atoms with Crippen LogP contribution in [0.15, 0.2) is 18.3 Å². The van der Waals surface area contributed by atoms with E-state index >= 15 is 0 Å². The van der Waals surface area contributed by atoms with E-state index in [9.17, 15) is 28.1 Å². The molecule has 2 aliphatic heterocycles. The molecule has 4 rings (SSSR count). The molecule has 3 amide bonds. The molecule has 2 aromatic rings. The average molecular weight is 569 g/mol. The first-order chi connectivity index (χ1) is 19.0. The lowest BCUT2D eigenvalue weighted by Crippen LogP contribution is -2.48. The van der Waals surface area contributed by atoms with Gasteiger partial charge in [0.15, 0.2) is 6.29 Å². The van der Waals surface area contributed by atoms with Crippen molar-refractivity contribution in [3.05, 3.63) is 40.7 Å². The maximum atomic E-state index is 13.3. The lowest BCUT2D eigenvalue weighted by atomic mass is 10.0. The van der Waals surface area contributed by atoms with Crippen LogP contribution in [0.3, 0.4) is 0 Å². The molecule has 40 heavy (non-hydrogen) atoms. The zero-order valence-corrected chi connectivity index (χ0v) is 23.5. The Morgan fingerprint density at radius 1 is 1.27 bits per heavy atom. The van der Waals surface area contributed by atoms with Crippen molar-refractivity contribution in [3.63, 3.8) is 0 Å². The molecule has 0 spiro atoms. The Hall–Kier alpha value is -4.09. The molecular formula is C26H32N8O5S. The quantitative estimate of drug-likeness (QED) is 0.442. The summed E-state index contributed by atoms with van der Waals surface area (Å²) in [5, 5.41) is 15.2. The summed E-state index contributed by atoms with van der Waals surface area (Å²) in [6.07, 6.45) is 4.40. The molecule has 4 heterocycles. The van der Waals surface area contributed by atoms with Gasteiger partial charge in [0, 0.05) is 56.3 Å². The second-order valence-corrected chi connectivity index (χ2v) is 12.4. The zero-order chi connectivity index (χ0) is 29.0. The van der Waals surface area contributed by atoms with Crippen LogP contribution in [-0.2, 0) is 27.6 Å². The summed E-state index contributed by atoms with van der Waals surface area (Å²) in [5.41, 5.74) is 2.15. The number of fused-ring (bicyclic) bond motifs is 1. The molecule has 2 N–H and O–H groups in total. The van der Waals surface area contributed by atoms with Gasteiger partial charge in [0.25, 0.3) is 0 Å². The minimum absolute atomic E-state index is 0.0150. The summed E-state index contributed by atoms with van der Waals surface area (Å²) in [6, 6.07) is 4.33. The molecule has 2 aliphatic rings. The number of pyridine rings is 2. The van der Waals surface area contributed by atoms with Crippen molar-refractivity contribution in [2.45, 2.75) is 32.4 Å². The van der Waals surface area contributed by atoms with E-state index in [2.05, 4.69) is 20.6 Å². The van der Waals surface area contributed by atoms with Crippen molar-refractivity contribution >= 4 is 45.4 Å². The van der Waals surface area contributed by atoms with Crippen LogP contribution in [0.5, 0.6) is 0 Å². The third-order valence-electron chi connectivity index (χ3n) is 6.72. The number of piperazine rings is 1. The van der Waals surface area contributed by atoms with Crippen molar-refractivity contribution in [3.8, 4) is 6.07 Å². The van der Waals surface area contributed by atoms with Gasteiger partial charge in [-0.25, -0.2) is 23.2 Å². The van der Waals surface area contributed by atoms with Gasteiger partial charge in [0.1, 0.15) is 33.2 Å². The first-order valence-corrected chi connectivity index (χ1v) is 14.9. The average Bonchev–Trinajstić information content (AvgIpc) is 2.88. The number of urea groups is 1. The molecule has 1 unspecified atom stereocenters. The number of aromatic nitrogens is 2. The molecule has 1 saturated heterocycles. The van der Waals surface area contributed by atoms with E-state index in [1.807, 2.05) is 24.1 Å². The summed E-state index contributed by atoms with van der Waals surface area (Å²) in [6.45, 7) is 3.94. The molecule has 0 aliphatic carbocycles. The second kappa shape index (κ2) is 12.0. The molecule has 0 aromatic carbocycles. The number of likely N-dealkylation sites (N-methyl/N-ethyl adjacent to an activating group) is 1. The lowest BCUT2D eigenvalue weighted by molar-refractivity contribution is -0.136.